The summed E-state index contributed by atoms with van der Waals surface area (Å²) in [5.41, 5.74) is 6.39. The fraction of sp³-hybridized carbons (Fsp3) is 0. The second-order valence-corrected chi connectivity index (χ2v) is 4.35. The molecule has 19 heavy (non-hydrogen) atoms. The number of amides is 1. The van der Waals surface area contributed by atoms with Gasteiger partial charge in [0.15, 0.2) is 5.13 Å². The van der Waals surface area contributed by atoms with E-state index in [-0.39, 0.29) is 22.5 Å². The zero-order valence-electron chi connectivity index (χ0n) is 9.40. The van der Waals surface area contributed by atoms with Crippen LogP contribution < -0.4 is 11.1 Å². The minimum atomic E-state index is -0.562. The van der Waals surface area contributed by atoms with E-state index in [0.29, 0.717) is 11.3 Å². The molecule has 0 saturated carbocycles. The molecule has 100 valence electrons. The van der Waals surface area contributed by atoms with Crippen LogP contribution in [0.1, 0.15) is 10.4 Å². The summed E-state index contributed by atoms with van der Waals surface area (Å²) in [6.45, 7) is 0. The number of anilines is 2. The van der Waals surface area contributed by atoms with Crippen molar-refractivity contribution in [2.45, 2.75) is 0 Å². The monoisotopic (exact) mass is 300 g/mol. The van der Waals surface area contributed by atoms with E-state index in [1.165, 1.54) is 6.07 Å². The van der Waals surface area contributed by atoms with Crippen molar-refractivity contribution in [1.29, 1.82) is 0 Å². The molecule has 1 aromatic heterocycles. The van der Waals surface area contributed by atoms with Crippen molar-refractivity contribution in [1.82, 2.24) is 4.98 Å². The lowest BCUT2D eigenvalue weighted by Gasteiger charge is -2.01. The molecular formula is C10H9ClN4O3S. The molecule has 0 atom stereocenters. The lowest BCUT2D eigenvalue weighted by Crippen LogP contribution is -2.11. The molecular weight excluding hydrogens is 292 g/mol. The van der Waals surface area contributed by atoms with Gasteiger partial charge in [0.2, 0.25) is 0 Å². The molecule has 2 aromatic rings. The van der Waals surface area contributed by atoms with Gasteiger partial charge in [0.1, 0.15) is 6.20 Å². The van der Waals surface area contributed by atoms with Crippen molar-refractivity contribution < 1.29 is 9.72 Å². The summed E-state index contributed by atoms with van der Waals surface area (Å²) >= 11 is 0.795. The molecule has 0 bridgehead atoms. The molecule has 0 spiro atoms. The number of hydrogen-bond donors (Lipinski definition) is 2. The maximum Gasteiger partial charge on any atom is 0.345 e. The number of thiazole rings is 1. The summed E-state index contributed by atoms with van der Waals surface area (Å²) in [6.07, 6.45) is 1.10. The highest BCUT2D eigenvalue weighted by Crippen LogP contribution is 2.25. The molecule has 0 fully saturated rings. The number of carbonyl (C=O) groups is 1. The van der Waals surface area contributed by atoms with Crippen LogP contribution in [0.3, 0.4) is 0 Å². The molecule has 7 nitrogen and oxygen atoms in total. The molecule has 1 amide bonds. The summed E-state index contributed by atoms with van der Waals surface area (Å²) < 4.78 is 0. The Balaban J connectivity index is 0.00000180. The molecule has 0 unspecified atom stereocenters. The number of hydrogen-bond acceptors (Lipinski definition) is 6. The topological polar surface area (TPSA) is 111 Å². The number of nitrogens with two attached hydrogens (primary N) is 1. The van der Waals surface area contributed by atoms with Crippen LogP contribution in [0.15, 0.2) is 30.5 Å². The molecule has 3 N–H and O–H groups in total. The van der Waals surface area contributed by atoms with Crippen molar-refractivity contribution in [3.63, 3.8) is 0 Å². The van der Waals surface area contributed by atoms with Gasteiger partial charge in [0.25, 0.3) is 5.91 Å². The fourth-order valence-corrected chi connectivity index (χ4v) is 1.88. The quantitative estimate of drug-likeness (QED) is 0.513. The number of nitrogens with zero attached hydrogens (tertiary/aromatic N) is 2. The van der Waals surface area contributed by atoms with Gasteiger partial charge in [0.05, 0.1) is 4.92 Å². The van der Waals surface area contributed by atoms with Crippen molar-refractivity contribution in [2.24, 2.45) is 0 Å². The second kappa shape index (κ2) is 6.12. The predicted molar refractivity (Wildman–Crippen MR) is 74.8 cm³/mol. The highest BCUT2D eigenvalue weighted by Gasteiger charge is 2.14. The maximum atomic E-state index is 11.8. The Hall–Kier alpha value is -2.19. The van der Waals surface area contributed by atoms with Crippen molar-refractivity contribution >= 4 is 45.5 Å². The third kappa shape index (κ3) is 3.63. The Morgan fingerprint density at radius 3 is 2.79 bits per heavy atom. The number of halogens is 1. The Kier molecular flexibility index (Phi) is 4.79. The van der Waals surface area contributed by atoms with E-state index < -0.39 is 10.8 Å². The summed E-state index contributed by atoms with van der Waals surface area (Å²) in [6, 6.07) is 6.41. The predicted octanol–water partition coefficient (Wildman–Crippen LogP) is 2.31. The lowest BCUT2D eigenvalue weighted by atomic mass is 10.2. The van der Waals surface area contributed by atoms with Crippen LogP contribution in [-0.4, -0.2) is 15.8 Å². The van der Waals surface area contributed by atoms with Crippen LogP contribution in [0.4, 0.5) is 15.8 Å². The highest BCUT2D eigenvalue weighted by atomic mass is 35.5. The molecule has 1 heterocycles. The van der Waals surface area contributed by atoms with Crippen LogP contribution in [0.25, 0.3) is 0 Å². The minimum absolute atomic E-state index is 0. The summed E-state index contributed by atoms with van der Waals surface area (Å²) in [4.78, 5) is 25.4. The summed E-state index contributed by atoms with van der Waals surface area (Å²) in [5, 5.41) is 13.0. The highest BCUT2D eigenvalue weighted by molar-refractivity contribution is 7.18. The van der Waals surface area contributed by atoms with Gasteiger partial charge in [-0.3, -0.25) is 20.2 Å². The van der Waals surface area contributed by atoms with Crippen molar-refractivity contribution in [3.05, 3.63) is 46.1 Å². The van der Waals surface area contributed by atoms with Crippen LogP contribution in [0.2, 0.25) is 0 Å². The Bertz CT molecular complexity index is 616. The average molecular weight is 301 g/mol. The van der Waals surface area contributed by atoms with Gasteiger partial charge in [-0.05, 0) is 29.5 Å². The zero-order valence-corrected chi connectivity index (χ0v) is 11.0. The molecule has 0 radical (unpaired) electrons. The molecule has 0 aliphatic heterocycles. The van der Waals surface area contributed by atoms with E-state index in [9.17, 15) is 14.9 Å². The van der Waals surface area contributed by atoms with E-state index >= 15 is 0 Å². The molecule has 2 rings (SSSR count). The Morgan fingerprint density at radius 1 is 1.47 bits per heavy atom. The SMILES string of the molecule is Cl.Nc1cccc(C(=O)Nc2ncc([N+](=O)[O-])s2)c1. The molecule has 1 aromatic carbocycles. The van der Waals surface area contributed by atoms with Crippen LogP contribution >= 0.6 is 23.7 Å². The number of rotatable bonds is 3. The number of benzene rings is 1. The molecule has 0 aliphatic carbocycles. The van der Waals surface area contributed by atoms with Crippen LogP contribution in [0.5, 0.6) is 0 Å². The van der Waals surface area contributed by atoms with Gasteiger partial charge in [-0.15, -0.1) is 12.4 Å². The fourth-order valence-electron chi connectivity index (χ4n) is 1.26. The van der Waals surface area contributed by atoms with Crippen LogP contribution in [0, 0.1) is 10.1 Å². The second-order valence-electron chi connectivity index (χ2n) is 3.34. The normalized spacial score (nSPS) is 9.47. The molecule has 9 heteroatoms. The first-order valence-corrected chi connectivity index (χ1v) is 5.65. The van der Waals surface area contributed by atoms with Gasteiger partial charge in [-0.1, -0.05) is 6.07 Å². The van der Waals surface area contributed by atoms with E-state index in [1.54, 1.807) is 18.2 Å². The van der Waals surface area contributed by atoms with E-state index in [4.69, 9.17) is 5.73 Å². The van der Waals surface area contributed by atoms with E-state index in [2.05, 4.69) is 10.3 Å². The maximum absolute atomic E-state index is 11.8. The lowest BCUT2D eigenvalue weighted by molar-refractivity contribution is -0.380. The van der Waals surface area contributed by atoms with Gasteiger partial charge in [-0.2, -0.15) is 0 Å². The van der Waals surface area contributed by atoms with Gasteiger partial charge < -0.3 is 5.73 Å². The smallest absolute Gasteiger partial charge is 0.345 e. The first-order valence-electron chi connectivity index (χ1n) is 4.83. The molecule has 0 saturated heterocycles. The number of carbonyl (C=O) groups excluding carboxylic acids is 1. The van der Waals surface area contributed by atoms with Crippen molar-refractivity contribution in [2.75, 3.05) is 11.1 Å². The first kappa shape index (κ1) is 14.9. The Labute approximate surface area is 118 Å². The van der Waals surface area contributed by atoms with Gasteiger partial charge >= 0.3 is 5.00 Å². The first-order chi connectivity index (χ1) is 8.56. The Morgan fingerprint density at radius 2 is 2.21 bits per heavy atom. The number of aromatic nitrogens is 1. The van der Waals surface area contributed by atoms with Gasteiger partial charge in [0, 0.05) is 11.3 Å². The molecule has 0 aliphatic rings. The minimum Gasteiger partial charge on any atom is -0.399 e. The average Bonchev–Trinajstić information content (AvgIpc) is 2.77. The van der Waals surface area contributed by atoms with Crippen molar-refractivity contribution in [3.8, 4) is 0 Å². The van der Waals surface area contributed by atoms with Gasteiger partial charge in [-0.25, -0.2) is 4.98 Å². The third-order valence-corrected chi connectivity index (χ3v) is 2.91. The zero-order chi connectivity index (χ0) is 13.1. The summed E-state index contributed by atoms with van der Waals surface area (Å²) in [7, 11) is 0. The summed E-state index contributed by atoms with van der Waals surface area (Å²) in [5.74, 6) is -0.411. The largest absolute Gasteiger partial charge is 0.399 e. The number of nitro groups is 1. The van der Waals surface area contributed by atoms with Crippen LogP contribution in [-0.2, 0) is 0 Å². The van der Waals surface area contributed by atoms with E-state index in [0.717, 1.165) is 17.5 Å². The third-order valence-electron chi connectivity index (χ3n) is 2.04. The van der Waals surface area contributed by atoms with E-state index in [1.807, 2.05) is 0 Å². The number of nitrogen functional groups attached to an aromatic ring is 1. The standard InChI is InChI=1S/C10H8N4O3S.ClH/c11-7-3-1-2-6(4-7)9(15)13-10-12-5-8(18-10)14(16)17;/h1-5H,11H2,(H,12,13,15);1H. The number of nitrogens with one attached hydrogen (secondary N) is 1.